The average molecular weight is 628 g/mol. The van der Waals surface area contributed by atoms with E-state index in [1.54, 1.807) is 17.9 Å². The number of rotatable bonds is 9. The van der Waals surface area contributed by atoms with Crippen molar-refractivity contribution < 1.29 is 32.7 Å². The van der Waals surface area contributed by atoms with Crippen LogP contribution in [0.15, 0.2) is 42.5 Å². The van der Waals surface area contributed by atoms with Crippen LogP contribution in [0.1, 0.15) is 68.1 Å². The van der Waals surface area contributed by atoms with Crippen molar-refractivity contribution in [3.05, 3.63) is 65.0 Å². The number of amides is 3. The van der Waals surface area contributed by atoms with Gasteiger partial charge in [0.05, 0.1) is 17.3 Å². The summed E-state index contributed by atoms with van der Waals surface area (Å²) in [5, 5.41) is 24.5. The van der Waals surface area contributed by atoms with E-state index in [0.29, 0.717) is 44.6 Å². The van der Waals surface area contributed by atoms with Crippen LogP contribution < -0.4 is 10.6 Å². The van der Waals surface area contributed by atoms with E-state index >= 15 is 13.2 Å². The van der Waals surface area contributed by atoms with E-state index in [1.807, 2.05) is 7.05 Å². The third-order valence-corrected chi connectivity index (χ3v) is 8.90. The predicted octanol–water partition coefficient (Wildman–Crippen LogP) is 4.12. The smallest absolute Gasteiger partial charge is 0.349 e. The summed E-state index contributed by atoms with van der Waals surface area (Å²) in [6, 6.07) is 8.86. The minimum atomic E-state index is -4.03. The minimum Gasteiger partial charge on any atom is -0.383 e. The Morgan fingerprint density at radius 1 is 1.02 bits per heavy atom. The fourth-order valence-corrected chi connectivity index (χ4v) is 5.93. The number of nitrogens with one attached hydrogen (secondary N) is 2. The second-order valence-electron chi connectivity index (χ2n) is 12.1. The lowest BCUT2D eigenvalue weighted by Crippen LogP contribution is -2.52. The zero-order valence-electron chi connectivity index (χ0n) is 25.6. The molecule has 12 heteroatoms. The normalized spacial score (nSPS) is 18.6. The molecule has 45 heavy (non-hydrogen) atoms. The van der Waals surface area contributed by atoms with Gasteiger partial charge >= 0.3 is 5.92 Å². The highest BCUT2D eigenvalue weighted by molar-refractivity contribution is 5.98. The highest BCUT2D eigenvalue weighted by Gasteiger charge is 2.44. The molecule has 4 rings (SSSR count). The number of aliphatic hydroxyl groups excluding tert-OH is 1. The Bertz CT molecular complexity index is 1420. The van der Waals surface area contributed by atoms with Crippen LogP contribution in [0.3, 0.4) is 0 Å². The van der Waals surface area contributed by atoms with E-state index in [9.17, 15) is 19.5 Å². The lowest BCUT2D eigenvalue weighted by Gasteiger charge is -2.34. The summed E-state index contributed by atoms with van der Waals surface area (Å²) in [7, 11) is 1.95. The van der Waals surface area contributed by atoms with Gasteiger partial charge in [-0.1, -0.05) is 50.8 Å². The Kier molecular flexibility index (Phi) is 11.2. The lowest BCUT2D eigenvalue weighted by atomic mass is 9.90. The van der Waals surface area contributed by atoms with Crippen LogP contribution >= 0.6 is 0 Å². The standard InChI is InChI=1S/C33H40F3N5O4/c1-21(29(42)31(44)41-16-14-40(2)15-17-41)24-12-13-27(26(34)19-24)38-30(43)28(23-9-5-3-4-6-10-23)39-32(45)33(35,36)25-11-7-8-22(18-25)20-37/h7-8,11-13,18-19,21,23,28-29,42H,3-6,9-10,14-17H2,1-2H3,(H,38,43)(H,39,45). The molecule has 0 aromatic heterocycles. The Morgan fingerprint density at radius 3 is 2.31 bits per heavy atom. The third kappa shape index (κ3) is 8.21. The second-order valence-corrected chi connectivity index (χ2v) is 12.1. The zero-order chi connectivity index (χ0) is 32.7. The number of hydrogen-bond donors (Lipinski definition) is 3. The molecule has 0 bridgehead atoms. The largest absolute Gasteiger partial charge is 0.383 e. The van der Waals surface area contributed by atoms with Gasteiger partial charge in [-0.3, -0.25) is 14.4 Å². The number of nitriles is 1. The molecule has 9 nitrogen and oxygen atoms in total. The molecule has 1 heterocycles. The first-order valence-electron chi connectivity index (χ1n) is 15.4. The van der Waals surface area contributed by atoms with Crippen LogP contribution in [-0.4, -0.2) is 78.0 Å². The molecule has 0 spiro atoms. The molecule has 2 aliphatic rings. The number of likely N-dealkylation sites (N-methyl/N-ethyl adjacent to an activating group) is 1. The monoisotopic (exact) mass is 627 g/mol. The van der Waals surface area contributed by atoms with Gasteiger partial charge in [0, 0.05) is 37.7 Å². The molecule has 2 aromatic rings. The van der Waals surface area contributed by atoms with Crippen molar-refractivity contribution in [2.75, 3.05) is 38.5 Å². The lowest BCUT2D eigenvalue weighted by molar-refractivity contribution is -0.149. The number of carbonyl (C=O) groups excluding carboxylic acids is 3. The van der Waals surface area contributed by atoms with Crippen LogP contribution in [0.2, 0.25) is 0 Å². The van der Waals surface area contributed by atoms with E-state index in [1.165, 1.54) is 24.3 Å². The molecule has 0 radical (unpaired) electrons. The highest BCUT2D eigenvalue weighted by Crippen LogP contribution is 2.32. The van der Waals surface area contributed by atoms with Gasteiger partial charge in [-0.2, -0.15) is 14.0 Å². The maximum Gasteiger partial charge on any atom is 0.349 e. The van der Waals surface area contributed by atoms with Crippen molar-refractivity contribution in [1.29, 1.82) is 5.26 Å². The van der Waals surface area contributed by atoms with Crippen molar-refractivity contribution in [3.8, 4) is 6.07 Å². The molecule has 1 saturated carbocycles. The Labute approximate surface area is 261 Å². The summed E-state index contributed by atoms with van der Waals surface area (Å²) >= 11 is 0. The number of halogens is 3. The highest BCUT2D eigenvalue weighted by atomic mass is 19.3. The summed E-state index contributed by atoms with van der Waals surface area (Å²) in [6.45, 7) is 3.94. The van der Waals surface area contributed by atoms with Gasteiger partial charge in [-0.25, -0.2) is 4.39 Å². The SMILES string of the molecule is CC(c1ccc(NC(=O)C(NC(=O)C(F)(F)c2cccc(C#N)c2)C2CCCCCC2)c(F)c1)C(O)C(=O)N1CCN(C)CC1. The quantitative estimate of drug-likeness (QED) is 0.359. The molecule has 2 aromatic carbocycles. The first-order chi connectivity index (χ1) is 21.4. The molecular formula is C33H40F3N5O4. The van der Waals surface area contributed by atoms with Crippen LogP contribution in [0.25, 0.3) is 0 Å². The summed E-state index contributed by atoms with van der Waals surface area (Å²) < 4.78 is 45.8. The molecule has 1 saturated heterocycles. The van der Waals surface area contributed by atoms with E-state index in [4.69, 9.17) is 5.26 Å². The maximum atomic E-state index is 15.3. The Hall–Kier alpha value is -3.95. The Balaban J connectivity index is 1.50. The van der Waals surface area contributed by atoms with Crippen LogP contribution in [0.5, 0.6) is 0 Å². The first kappa shape index (κ1) is 33.9. The minimum absolute atomic E-state index is 0.0394. The van der Waals surface area contributed by atoms with Gasteiger partial charge in [0.2, 0.25) is 5.91 Å². The predicted molar refractivity (Wildman–Crippen MR) is 162 cm³/mol. The molecule has 3 atom stereocenters. The number of hydrogen-bond acceptors (Lipinski definition) is 6. The van der Waals surface area contributed by atoms with Gasteiger partial charge in [0.1, 0.15) is 18.0 Å². The number of alkyl halides is 2. The van der Waals surface area contributed by atoms with Crippen LogP contribution in [0.4, 0.5) is 18.9 Å². The number of benzene rings is 2. The van der Waals surface area contributed by atoms with Crippen molar-refractivity contribution in [2.45, 2.75) is 69.4 Å². The van der Waals surface area contributed by atoms with Gasteiger partial charge in [0.15, 0.2) is 0 Å². The summed E-state index contributed by atoms with van der Waals surface area (Å²) in [4.78, 5) is 43.0. The first-order valence-corrected chi connectivity index (χ1v) is 15.4. The molecule has 2 fully saturated rings. The van der Waals surface area contributed by atoms with E-state index in [2.05, 4.69) is 15.5 Å². The fraction of sp³-hybridized carbons (Fsp3) is 0.515. The van der Waals surface area contributed by atoms with Crippen molar-refractivity contribution in [1.82, 2.24) is 15.1 Å². The zero-order valence-corrected chi connectivity index (χ0v) is 25.6. The molecule has 1 aliphatic carbocycles. The van der Waals surface area contributed by atoms with Crippen LogP contribution in [-0.2, 0) is 20.3 Å². The van der Waals surface area contributed by atoms with Gasteiger partial charge < -0.3 is 25.5 Å². The molecule has 3 amide bonds. The van der Waals surface area contributed by atoms with Crippen molar-refractivity contribution >= 4 is 23.4 Å². The van der Waals surface area contributed by atoms with Crippen molar-refractivity contribution in [3.63, 3.8) is 0 Å². The summed E-state index contributed by atoms with van der Waals surface area (Å²) in [6.07, 6.45) is 2.97. The summed E-state index contributed by atoms with van der Waals surface area (Å²) in [5.74, 6) is -9.01. The molecular weight excluding hydrogens is 587 g/mol. The molecule has 242 valence electrons. The number of piperazine rings is 1. The number of nitrogens with zero attached hydrogens (tertiary/aromatic N) is 3. The van der Waals surface area contributed by atoms with Gasteiger partial charge in [-0.05, 0) is 55.6 Å². The van der Waals surface area contributed by atoms with E-state index in [-0.39, 0.29) is 11.3 Å². The second kappa shape index (κ2) is 14.9. The van der Waals surface area contributed by atoms with E-state index < -0.39 is 59.0 Å². The number of aliphatic hydroxyl groups is 1. The average Bonchev–Trinajstić information content (AvgIpc) is 3.33. The maximum absolute atomic E-state index is 15.3. The number of carbonyl (C=O) groups is 3. The van der Waals surface area contributed by atoms with Crippen molar-refractivity contribution in [2.24, 2.45) is 5.92 Å². The van der Waals surface area contributed by atoms with Gasteiger partial charge in [0.25, 0.3) is 11.8 Å². The topological polar surface area (TPSA) is 126 Å². The van der Waals surface area contributed by atoms with Crippen LogP contribution in [0, 0.1) is 23.1 Å². The number of anilines is 1. The van der Waals surface area contributed by atoms with Gasteiger partial charge in [-0.15, -0.1) is 0 Å². The van der Waals surface area contributed by atoms with E-state index in [0.717, 1.165) is 43.9 Å². The third-order valence-electron chi connectivity index (χ3n) is 8.90. The fourth-order valence-electron chi connectivity index (χ4n) is 5.93. The molecule has 3 N–H and O–H groups in total. The summed E-state index contributed by atoms with van der Waals surface area (Å²) in [5.41, 5.74) is -0.601. The molecule has 3 unspecified atom stereocenters. The molecule has 1 aliphatic heterocycles. The Morgan fingerprint density at radius 2 is 1.69 bits per heavy atom.